The number of hydrogen-bond acceptors (Lipinski definition) is 4. The van der Waals surface area contributed by atoms with Gasteiger partial charge in [-0.15, -0.1) is 0 Å². The molecule has 1 aromatic carbocycles. The molecule has 0 aliphatic heterocycles. The summed E-state index contributed by atoms with van der Waals surface area (Å²) >= 11 is 0. The molecule has 0 fully saturated rings. The maximum atomic E-state index is 12.7. The van der Waals surface area contributed by atoms with Gasteiger partial charge in [0, 0.05) is 12.4 Å². The largest absolute Gasteiger partial charge is 0.468 e. The van der Waals surface area contributed by atoms with Crippen LogP contribution in [-0.4, -0.2) is 38.4 Å². The fourth-order valence-corrected chi connectivity index (χ4v) is 4.14. The molecule has 29 heavy (non-hydrogen) atoms. The first-order valence-electron chi connectivity index (χ1n) is 9.70. The molecule has 0 unspecified atom stereocenters. The van der Waals surface area contributed by atoms with Crippen LogP contribution in [0.1, 0.15) is 58.8 Å². The summed E-state index contributed by atoms with van der Waals surface area (Å²) in [5, 5.41) is 1.03. The van der Waals surface area contributed by atoms with Gasteiger partial charge in [0.05, 0.1) is 34.5 Å². The van der Waals surface area contributed by atoms with E-state index in [2.05, 4.69) is 0 Å². The Kier molecular flexibility index (Phi) is 7.01. The third-order valence-electron chi connectivity index (χ3n) is 4.90. The van der Waals surface area contributed by atoms with Gasteiger partial charge in [-0.2, -0.15) is 0 Å². The van der Waals surface area contributed by atoms with Gasteiger partial charge in [0.25, 0.3) is 0 Å². The number of aromatic nitrogens is 1. The first-order valence-corrected chi connectivity index (χ1v) is 10.8. The Morgan fingerprint density at radius 2 is 1.79 bits per heavy atom. The molecule has 0 saturated carbocycles. The Hall–Kier alpha value is -2.05. The molecule has 2 rings (SSSR count). The van der Waals surface area contributed by atoms with Crippen molar-refractivity contribution >= 4 is 33.9 Å². The summed E-state index contributed by atoms with van der Waals surface area (Å²) in [7, 11) is 2.13. The van der Waals surface area contributed by atoms with Crippen molar-refractivity contribution in [2.75, 3.05) is 14.2 Å². The molecule has 0 aliphatic carbocycles. The minimum Gasteiger partial charge on any atom is -0.468 e. The Morgan fingerprint density at radius 3 is 2.38 bits per heavy atom. The minimum absolute atomic E-state index is 0.0862. The molecule has 0 saturated heterocycles. The van der Waals surface area contributed by atoms with Crippen LogP contribution in [0.2, 0.25) is 0 Å². The second-order valence-electron chi connectivity index (χ2n) is 8.82. The van der Waals surface area contributed by atoms with Crippen LogP contribution in [0, 0.1) is 5.41 Å². The minimum atomic E-state index is -1.13. The van der Waals surface area contributed by atoms with Crippen LogP contribution >= 0.6 is 0 Å². The van der Waals surface area contributed by atoms with Crippen LogP contribution in [0.5, 0.6) is 0 Å². The zero-order valence-corrected chi connectivity index (χ0v) is 19.5. The molecule has 0 N–H and O–H groups in total. The van der Waals surface area contributed by atoms with E-state index in [1.54, 1.807) is 0 Å². The molecule has 0 radical (unpaired) electrons. The van der Waals surface area contributed by atoms with Crippen molar-refractivity contribution in [3.63, 3.8) is 0 Å². The lowest BCUT2D eigenvalue weighted by Crippen LogP contribution is -2.36. The van der Waals surface area contributed by atoms with Gasteiger partial charge in [0.1, 0.15) is 11.0 Å². The number of fused-ring (bicyclic) bond motifs is 1. The summed E-state index contributed by atoms with van der Waals surface area (Å²) in [4.78, 5) is 16.7. The number of methoxy groups -OCH3 is 1. The van der Waals surface area contributed by atoms with E-state index in [0.29, 0.717) is 0 Å². The lowest BCUT2D eigenvalue weighted by Gasteiger charge is -2.30. The maximum Gasteiger partial charge on any atom is 0.315 e. The lowest BCUT2D eigenvalue weighted by molar-refractivity contribution is -0.148. The summed E-state index contributed by atoms with van der Waals surface area (Å²) in [6.45, 7) is 11.6. The number of ether oxygens (including phenoxy) is 1. The van der Waals surface area contributed by atoms with Crippen molar-refractivity contribution in [2.45, 2.75) is 52.3 Å². The normalized spacial score (nSPS) is 15.1. The van der Waals surface area contributed by atoms with Crippen molar-refractivity contribution in [2.24, 2.45) is 5.41 Å². The highest BCUT2D eigenvalue weighted by Gasteiger charge is 2.28. The molecule has 0 aliphatic rings. The number of carbonyl (C=O) groups is 1. The highest BCUT2D eigenvalue weighted by Crippen LogP contribution is 2.27. The molecule has 1 heterocycles. The van der Waals surface area contributed by atoms with Crippen LogP contribution in [-0.2, 0) is 20.5 Å². The van der Waals surface area contributed by atoms with Crippen molar-refractivity contribution < 1.29 is 13.7 Å². The van der Waals surface area contributed by atoms with E-state index in [4.69, 9.17) is 9.72 Å². The maximum absolute atomic E-state index is 12.7. The number of carbonyl (C=O) groups excluding carboxylic acids is 1. The summed E-state index contributed by atoms with van der Waals surface area (Å²) in [5.74, 6) is -0.279. The Morgan fingerprint density at radius 1 is 1.17 bits per heavy atom. The Labute approximate surface area is 176 Å². The Balaban J connectivity index is 2.34. The molecule has 6 heteroatoms. The molecular weight excluding hydrogens is 384 g/mol. The third-order valence-corrected chi connectivity index (χ3v) is 6.79. The number of benzene rings is 1. The van der Waals surface area contributed by atoms with Crippen LogP contribution in [0.15, 0.2) is 36.4 Å². The summed E-state index contributed by atoms with van der Waals surface area (Å²) in [5.41, 5.74) is 1.99. The molecule has 1 aromatic heterocycles. The lowest BCUT2D eigenvalue weighted by atomic mass is 9.92. The second-order valence-corrected chi connectivity index (χ2v) is 11.1. The standard InChI is InChI=1S/C23H32N2O3S/c1-16(25(7)29(27)22(2,3)4)19-12-11-18-10-9-17(15-20(18)24-19)13-14-23(5,6)21(26)28-8/h9-16H,1-8H3/t16-,29-/m1/s1. The number of esters is 1. The summed E-state index contributed by atoms with van der Waals surface area (Å²) in [6, 6.07) is 9.94. The van der Waals surface area contributed by atoms with Gasteiger partial charge >= 0.3 is 5.97 Å². The predicted molar refractivity (Wildman–Crippen MR) is 121 cm³/mol. The van der Waals surface area contributed by atoms with E-state index in [0.717, 1.165) is 22.2 Å². The fraction of sp³-hybridized carbons (Fsp3) is 0.478. The van der Waals surface area contributed by atoms with E-state index in [1.165, 1.54) is 7.11 Å². The van der Waals surface area contributed by atoms with Gasteiger partial charge in [-0.1, -0.05) is 30.4 Å². The molecule has 5 nitrogen and oxygen atoms in total. The van der Waals surface area contributed by atoms with E-state index in [1.807, 2.05) is 95.4 Å². The quantitative estimate of drug-likeness (QED) is 0.628. The van der Waals surface area contributed by atoms with Crippen molar-refractivity contribution in [1.29, 1.82) is 0 Å². The van der Waals surface area contributed by atoms with Crippen molar-refractivity contribution in [3.05, 3.63) is 47.7 Å². The SMILES string of the molecule is COC(=O)C(C)(C)C=Cc1ccc2ccc([C@@H](C)N(C)[S@](=O)C(C)(C)C)nc2c1. The van der Waals surface area contributed by atoms with E-state index in [9.17, 15) is 9.00 Å². The van der Waals surface area contributed by atoms with Crippen molar-refractivity contribution in [1.82, 2.24) is 9.29 Å². The van der Waals surface area contributed by atoms with Crippen molar-refractivity contribution in [3.8, 4) is 0 Å². The number of pyridine rings is 1. The molecule has 0 bridgehead atoms. The molecule has 2 aromatic rings. The zero-order chi connectivity index (χ0) is 22.0. The van der Waals surface area contributed by atoms with Gasteiger partial charge in [-0.3, -0.25) is 9.78 Å². The van der Waals surface area contributed by atoms with Gasteiger partial charge in [0.15, 0.2) is 0 Å². The van der Waals surface area contributed by atoms with Crippen LogP contribution < -0.4 is 0 Å². The average Bonchev–Trinajstić information content (AvgIpc) is 2.68. The number of nitrogens with zero attached hydrogens (tertiary/aromatic N) is 2. The van der Waals surface area contributed by atoms with Crippen LogP contribution in [0.25, 0.3) is 17.0 Å². The van der Waals surface area contributed by atoms with E-state index < -0.39 is 16.4 Å². The third kappa shape index (κ3) is 5.52. The molecule has 0 spiro atoms. The highest BCUT2D eigenvalue weighted by molar-refractivity contribution is 7.84. The fourth-order valence-electron chi connectivity index (χ4n) is 2.88. The zero-order valence-electron chi connectivity index (χ0n) is 18.6. The van der Waals surface area contributed by atoms with Gasteiger partial charge < -0.3 is 4.74 Å². The first-order chi connectivity index (χ1) is 13.4. The predicted octanol–water partition coefficient (Wildman–Crippen LogP) is 4.90. The van der Waals surface area contributed by atoms with E-state index >= 15 is 0 Å². The first kappa shape index (κ1) is 23.2. The van der Waals surface area contributed by atoms with Crippen LogP contribution in [0.4, 0.5) is 0 Å². The second kappa shape index (κ2) is 8.76. The van der Waals surface area contributed by atoms with Gasteiger partial charge in [0.2, 0.25) is 0 Å². The Bertz CT molecular complexity index is 945. The number of rotatable bonds is 6. The smallest absolute Gasteiger partial charge is 0.315 e. The topological polar surface area (TPSA) is 59.5 Å². The van der Waals surface area contributed by atoms with E-state index in [-0.39, 0.29) is 16.8 Å². The highest BCUT2D eigenvalue weighted by atomic mass is 32.2. The molecule has 158 valence electrons. The molecule has 0 amide bonds. The summed E-state index contributed by atoms with van der Waals surface area (Å²) < 4.78 is 19.1. The van der Waals surface area contributed by atoms with Crippen LogP contribution in [0.3, 0.4) is 0 Å². The monoisotopic (exact) mass is 416 g/mol. The average molecular weight is 417 g/mol. The summed E-state index contributed by atoms with van der Waals surface area (Å²) in [6.07, 6.45) is 3.75. The molecule has 2 atom stereocenters. The number of hydrogen-bond donors (Lipinski definition) is 0. The van der Waals surface area contributed by atoms with Gasteiger partial charge in [-0.25, -0.2) is 8.51 Å². The molecular formula is C23H32N2O3S. The van der Waals surface area contributed by atoms with Gasteiger partial charge in [-0.05, 0) is 59.2 Å².